The maximum Gasteiger partial charge on any atom is 0.253 e. The van der Waals surface area contributed by atoms with Gasteiger partial charge in [0.25, 0.3) is 5.56 Å². The van der Waals surface area contributed by atoms with Crippen LogP contribution in [0.1, 0.15) is 68.7 Å². The minimum Gasteiger partial charge on any atom is -0.444 e. The Morgan fingerprint density at radius 3 is 2.58 bits per heavy atom. The van der Waals surface area contributed by atoms with Crippen LogP contribution in [0.15, 0.2) is 27.8 Å². The van der Waals surface area contributed by atoms with E-state index in [2.05, 4.69) is 28.7 Å². The third kappa shape index (κ3) is 4.06. The number of oxazole rings is 1. The molecule has 0 radical (unpaired) electrons. The zero-order valence-corrected chi connectivity index (χ0v) is 15.7. The van der Waals surface area contributed by atoms with Crippen molar-refractivity contribution in [3.8, 4) is 0 Å². The van der Waals surface area contributed by atoms with Crippen molar-refractivity contribution in [1.29, 1.82) is 0 Å². The third-order valence-corrected chi connectivity index (χ3v) is 5.56. The van der Waals surface area contributed by atoms with Crippen LogP contribution in [0.5, 0.6) is 0 Å². The number of aromatic nitrogens is 3. The zero-order valence-electron chi connectivity index (χ0n) is 15.7. The van der Waals surface area contributed by atoms with Gasteiger partial charge < -0.3 is 4.42 Å². The van der Waals surface area contributed by atoms with E-state index in [1.54, 1.807) is 17.0 Å². The molecule has 2 fully saturated rings. The van der Waals surface area contributed by atoms with Gasteiger partial charge in [0.1, 0.15) is 5.76 Å². The van der Waals surface area contributed by atoms with Crippen molar-refractivity contribution >= 4 is 0 Å². The van der Waals surface area contributed by atoms with Gasteiger partial charge in [0, 0.05) is 24.4 Å². The average molecular weight is 356 g/mol. The van der Waals surface area contributed by atoms with Crippen molar-refractivity contribution in [3.05, 3.63) is 46.3 Å². The largest absolute Gasteiger partial charge is 0.444 e. The van der Waals surface area contributed by atoms with E-state index in [9.17, 15) is 4.79 Å². The molecular formula is C20H28N4O2. The molecule has 2 aliphatic rings. The SMILES string of the molecule is CC(C)c1cnc(CN2CCC(Cn3cnc(C4CC4)cc3=O)CC2)o1. The fourth-order valence-electron chi connectivity index (χ4n) is 3.64. The number of piperidine rings is 1. The number of hydrogen-bond acceptors (Lipinski definition) is 5. The molecule has 2 aromatic rings. The summed E-state index contributed by atoms with van der Waals surface area (Å²) in [7, 11) is 0. The number of nitrogens with zero attached hydrogens (tertiary/aromatic N) is 4. The summed E-state index contributed by atoms with van der Waals surface area (Å²) in [6.45, 7) is 7.82. The van der Waals surface area contributed by atoms with E-state index >= 15 is 0 Å². The molecule has 0 unspecified atom stereocenters. The van der Waals surface area contributed by atoms with Crippen LogP contribution in [0.25, 0.3) is 0 Å². The quantitative estimate of drug-likeness (QED) is 0.795. The second-order valence-electron chi connectivity index (χ2n) is 8.11. The third-order valence-electron chi connectivity index (χ3n) is 5.56. The van der Waals surface area contributed by atoms with E-state index in [0.29, 0.717) is 17.8 Å². The number of hydrogen-bond donors (Lipinski definition) is 0. The van der Waals surface area contributed by atoms with Gasteiger partial charge in [-0.15, -0.1) is 0 Å². The Hall–Kier alpha value is -1.95. The van der Waals surface area contributed by atoms with E-state index in [-0.39, 0.29) is 5.56 Å². The lowest BCUT2D eigenvalue weighted by atomic mass is 9.96. The van der Waals surface area contributed by atoms with Gasteiger partial charge in [0.05, 0.1) is 24.8 Å². The Bertz CT molecular complexity index is 798. The molecule has 140 valence electrons. The molecule has 0 spiro atoms. The molecule has 1 aliphatic carbocycles. The molecule has 4 rings (SSSR count). The van der Waals surface area contributed by atoms with Crippen LogP contribution in [-0.4, -0.2) is 32.5 Å². The van der Waals surface area contributed by atoms with E-state index < -0.39 is 0 Å². The number of rotatable bonds is 6. The first kappa shape index (κ1) is 17.5. The molecule has 0 N–H and O–H groups in total. The monoisotopic (exact) mass is 356 g/mol. The average Bonchev–Trinajstić information content (AvgIpc) is 3.37. The van der Waals surface area contributed by atoms with Crippen molar-refractivity contribution < 1.29 is 4.42 Å². The van der Waals surface area contributed by atoms with Gasteiger partial charge in [-0.25, -0.2) is 9.97 Å². The van der Waals surface area contributed by atoms with Gasteiger partial charge in [-0.1, -0.05) is 13.8 Å². The van der Waals surface area contributed by atoms with Crippen LogP contribution in [0.3, 0.4) is 0 Å². The van der Waals surface area contributed by atoms with Crippen molar-refractivity contribution in [2.45, 2.75) is 64.5 Å². The Kier molecular flexibility index (Phi) is 4.94. The molecule has 1 aliphatic heterocycles. The predicted octanol–water partition coefficient (Wildman–Crippen LogP) is 3.14. The lowest BCUT2D eigenvalue weighted by Crippen LogP contribution is -2.36. The normalized spacial score (nSPS) is 19.3. The van der Waals surface area contributed by atoms with Crippen molar-refractivity contribution in [2.24, 2.45) is 5.92 Å². The molecule has 3 heterocycles. The van der Waals surface area contributed by atoms with Crippen molar-refractivity contribution in [1.82, 2.24) is 19.4 Å². The molecule has 26 heavy (non-hydrogen) atoms. The van der Waals surface area contributed by atoms with E-state index in [1.807, 2.05) is 6.20 Å². The Balaban J connectivity index is 1.28. The van der Waals surface area contributed by atoms with E-state index in [4.69, 9.17) is 4.42 Å². The minimum absolute atomic E-state index is 0.102. The Morgan fingerprint density at radius 2 is 1.96 bits per heavy atom. The fraction of sp³-hybridized carbons (Fsp3) is 0.650. The summed E-state index contributed by atoms with van der Waals surface area (Å²) in [5, 5.41) is 0. The van der Waals surface area contributed by atoms with Crippen LogP contribution in [0.2, 0.25) is 0 Å². The highest BCUT2D eigenvalue weighted by Crippen LogP contribution is 2.38. The lowest BCUT2D eigenvalue weighted by Gasteiger charge is -2.31. The molecule has 1 saturated heterocycles. The maximum atomic E-state index is 12.3. The summed E-state index contributed by atoms with van der Waals surface area (Å²) in [5.41, 5.74) is 1.08. The summed E-state index contributed by atoms with van der Waals surface area (Å²) < 4.78 is 7.60. The topological polar surface area (TPSA) is 64.2 Å². The molecule has 0 bridgehead atoms. The minimum atomic E-state index is 0.102. The second-order valence-corrected chi connectivity index (χ2v) is 8.11. The molecule has 0 atom stereocenters. The highest BCUT2D eigenvalue weighted by Gasteiger charge is 2.26. The van der Waals surface area contributed by atoms with Gasteiger partial charge >= 0.3 is 0 Å². The van der Waals surface area contributed by atoms with Gasteiger partial charge in [0.2, 0.25) is 5.89 Å². The first-order valence-corrected chi connectivity index (χ1v) is 9.82. The van der Waals surface area contributed by atoms with Gasteiger partial charge in [-0.05, 0) is 44.7 Å². The molecule has 6 nitrogen and oxygen atoms in total. The Morgan fingerprint density at radius 1 is 1.19 bits per heavy atom. The highest BCUT2D eigenvalue weighted by atomic mass is 16.4. The van der Waals surface area contributed by atoms with Gasteiger partial charge in [-0.2, -0.15) is 0 Å². The fourth-order valence-corrected chi connectivity index (χ4v) is 3.64. The summed E-state index contributed by atoms with van der Waals surface area (Å²) in [6, 6.07) is 1.74. The van der Waals surface area contributed by atoms with Gasteiger partial charge in [-0.3, -0.25) is 14.3 Å². The molecular weight excluding hydrogens is 328 g/mol. The van der Waals surface area contributed by atoms with E-state index in [0.717, 1.165) is 56.4 Å². The summed E-state index contributed by atoms with van der Waals surface area (Å²) in [5.74, 6) is 3.21. The predicted molar refractivity (Wildman–Crippen MR) is 99.1 cm³/mol. The van der Waals surface area contributed by atoms with Crippen molar-refractivity contribution in [3.63, 3.8) is 0 Å². The smallest absolute Gasteiger partial charge is 0.253 e. The van der Waals surface area contributed by atoms with Crippen molar-refractivity contribution in [2.75, 3.05) is 13.1 Å². The van der Waals surface area contributed by atoms with Gasteiger partial charge in [0.15, 0.2) is 0 Å². The van der Waals surface area contributed by atoms with Crippen LogP contribution in [0.4, 0.5) is 0 Å². The van der Waals surface area contributed by atoms with Crippen LogP contribution in [-0.2, 0) is 13.1 Å². The molecule has 1 saturated carbocycles. The standard InChI is InChI=1S/C20H28N4O2/c1-14(2)18-10-21-19(26-18)12-23-7-5-15(6-8-23)11-24-13-22-17(9-20(24)25)16-3-4-16/h9-10,13-16H,3-8,11-12H2,1-2H3. The lowest BCUT2D eigenvalue weighted by molar-refractivity contribution is 0.153. The van der Waals surface area contributed by atoms with Crippen LogP contribution in [0, 0.1) is 5.92 Å². The second kappa shape index (κ2) is 7.35. The summed E-state index contributed by atoms with van der Waals surface area (Å²) in [6.07, 6.45) is 8.14. The summed E-state index contributed by atoms with van der Waals surface area (Å²) >= 11 is 0. The van der Waals surface area contributed by atoms with Crippen LogP contribution >= 0.6 is 0 Å². The molecule has 0 amide bonds. The molecule has 0 aromatic carbocycles. The maximum absolute atomic E-state index is 12.3. The summed E-state index contributed by atoms with van der Waals surface area (Å²) in [4.78, 5) is 23.6. The van der Waals surface area contributed by atoms with Crippen LogP contribution < -0.4 is 5.56 Å². The molecule has 2 aromatic heterocycles. The Labute approximate surface area is 154 Å². The zero-order chi connectivity index (χ0) is 18.1. The van der Waals surface area contributed by atoms with E-state index in [1.165, 1.54) is 12.8 Å². The highest BCUT2D eigenvalue weighted by molar-refractivity contribution is 5.12. The first-order chi connectivity index (χ1) is 12.6. The first-order valence-electron chi connectivity index (χ1n) is 9.82. The molecule has 6 heteroatoms. The number of likely N-dealkylation sites (tertiary alicyclic amines) is 1.